The van der Waals surface area contributed by atoms with Gasteiger partial charge in [0.05, 0.1) is 17.1 Å². The van der Waals surface area contributed by atoms with Crippen LogP contribution < -0.4 is 20.3 Å². The maximum Gasteiger partial charge on any atom is 0.263 e. The Morgan fingerprint density at radius 3 is 2.60 bits per heavy atom. The number of hydrogen-bond donors (Lipinski definition) is 2. The van der Waals surface area contributed by atoms with E-state index < -0.39 is 24.5 Å². The lowest BCUT2D eigenvalue weighted by Crippen LogP contribution is -2.75. The van der Waals surface area contributed by atoms with E-state index in [1.54, 1.807) is 38.1 Å². The molecule has 2 aromatic rings. The van der Waals surface area contributed by atoms with E-state index in [-0.39, 0.29) is 29.0 Å². The first-order valence-electron chi connectivity index (χ1n) is 13.3. The third-order valence-electron chi connectivity index (χ3n) is 8.44. The number of carbonyl (C=O) groups is 2. The van der Waals surface area contributed by atoms with E-state index in [9.17, 15) is 18.4 Å². The molecule has 2 amide bonds. The second-order valence-electron chi connectivity index (χ2n) is 11.5. The highest BCUT2D eigenvalue weighted by molar-refractivity contribution is 6.36. The number of carbonyl (C=O) groups excluding carboxylic acids is 2. The molecule has 2 aliphatic carbocycles. The normalized spacial score (nSPS) is 24.9. The summed E-state index contributed by atoms with van der Waals surface area (Å²) in [5, 5.41) is 6.16. The van der Waals surface area contributed by atoms with Gasteiger partial charge in [-0.15, -0.1) is 0 Å². The molecule has 4 unspecified atom stereocenters. The molecule has 4 atom stereocenters. The lowest BCUT2D eigenvalue weighted by molar-refractivity contribution is -0.135. The second kappa shape index (κ2) is 10.5. The van der Waals surface area contributed by atoms with Crippen LogP contribution in [0.2, 0.25) is 10.0 Å². The molecule has 3 fully saturated rings. The summed E-state index contributed by atoms with van der Waals surface area (Å²) in [5.41, 5.74) is 0.640. The van der Waals surface area contributed by atoms with Gasteiger partial charge in [0.2, 0.25) is 0 Å². The maximum absolute atomic E-state index is 13.4. The van der Waals surface area contributed by atoms with Gasteiger partial charge in [-0.3, -0.25) is 9.59 Å². The van der Waals surface area contributed by atoms with Crippen molar-refractivity contribution in [3.63, 3.8) is 0 Å². The van der Waals surface area contributed by atoms with Gasteiger partial charge in [-0.25, -0.2) is 13.8 Å². The van der Waals surface area contributed by atoms with E-state index in [0.29, 0.717) is 27.4 Å². The van der Waals surface area contributed by atoms with E-state index >= 15 is 0 Å². The van der Waals surface area contributed by atoms with E-state index in [4.69, 9.17) is 27.9 Å². The van der Waals surface area contributed by atoms with Crippen LogP contribution in [0.1, 0.15) is 62.4 Å². The van der Waals surface area contributed by atoms with Crippen molar-refractivity contribution in [3.8, 4) is 5.75 Å². The smallest absolute Gasteiger partial charge is 0.263 e. The molecule has 0 bridgehead atoms. The van der Waals surface area contributed by atoms with Crippen molar-refractivity contribution in [2.24, 2.45) is 5.41 Å². The predicted molar refractivity (Wildman–Crippen MR) is 151 cm³/mol. The van der Waals surface area contributed by atoms with Gasteiger partial charge in [0, 0.05) is 34.8 Å². The summed E-state index contributed by atoms with van der Waals surface area (Å²) >= 11 is 12.6. The molecule has 40 heavy (non-hydrogen) atoms. The summed E-state index contributed by atoms with van der Waals surface area (Å²) in [6.45, 7) is 8.48. The minimum Gasteiger partial charge on any atom is -0.476 e. The molecule has 3 aliphatic rings. The van der Waals surface area contributed by atoms with E-state index in [1.807, 2.05) is 6.92 Å². The van der Waals surface area contributed by atoms with E-state index in [0.717, 1.165) is 37.1 Å². The second-order valence-corrected chi connectivity index (χ2v) is 12.3. The molecule has 5 rings (SSSR count). The number of alkyl halides is 2. The monoisotopic (exact) mass is 592 g/mol. The van der Waals surface area contributed by atoms with Gasteiger partial charge in [0.1, 0.15) is 11.6 Å². The Bertz CT molecular complexity index is 1350. The Morgan fingerprint density at radius 2 is 2.00 bits per heavy atom. The lowest BCUT2D eigenvalue weighted by atomic mass is 9.53. The third-order valence-corrected chi connectivity index (χ3v) is 9.04. The summed E-state index contributed by atoms with van der Waals surface area (Å²) in [6, 6.07) is 7.17. The molecule has 0 radical (unpaired) electrons. The zero-order valence-electron chi connectivity index (χ0n) is 22.6. The molecule has 1 aliphatic heterocycles. The molecule has 7 nitrogen and oxygen atoms in total. The Morgan fingerprint density at radius 1 is 1.25 bits per heavy atom. The summed E-state index contributed by atoms with van der Waals surface area (Å²) in [7, 11) is 0. The van der Waals surface area contributed by atoms with Gasteiger partial charge in [-0.05, 0) is 81.9 Å². The molecular weight excluding hydrogens is 561 g/mol. The molecule has 11 heteroatoms. The fraction of sp³-hybridized carbons (Fsp3) is 0.483. The Labute approximate surface area is 242 Å². The van der Waals surface area contributed by atoms with E-state index in [2.05, 4.69) is 27.1 Å². The van der Waals surface area contributed by atoms with Gasteiger partial charge in [-0.1, -0.05) is 29.8 Å². The van der Waals surface area contributed by atoms with Crippen molar-refractivity contribution in [1.82, 2.24) is 15.6 Å². The number of benzene rings is 1. The largest absolute Gasteiger partial charge is 0.476 e. The number of nitrogens with one attached hydrogen (secondary N) is 2. The zero-order valence-corrected chi connectivity index (χ0v) is 24.1. The third kappa shape index (κ3) is 5.02. The first-order valence-corrected chi connectivity index (χ1v) is 14.0. The first kappa shape index (κ1) is 28.6. The van der Waals surface area contributed by atoms with Crippen LogP contribution in [0.4, 0.5) is 14.6 Å². The number of amides is 2. The van der Waals surface area contributed by atoms with Gasteiger partial charge in [-0.2, -0.15) is 0 Å². The number of halogens is 4. The minimum absolute atomic E-state index is 0.0285. The molecule has 2 N–H and O–H groups in total. The van der Waals surface area contributed by atoms with Crippen LogP contribution in [0.15, 0.2) is 37.0 Å². The van der Waals surface area contributed by atoms with E-state index in [1.165, 1.54) is 6.20 Å². The number of allylic oxidation sites excluding steroid dienone is 1. The number of rotatable bonds is 9. The number of anilines is 1. The van der Waals surface area contributed by atoms with Crippen molar-refractivity contribution in [1.29, 1.82) is 0 Å². The molecule has 1 aromatic carbocycles. The minimum atomic E-state index is -2.61. The zero-order chi connectivity index (χ0) is 29.0. The quantitative estimate of drug-likeness (QED) is 0.379. The fourth-order valence-corrected chi connectivity index (χ4v) is 6.97. The van der Waals surface area contributed by atoms with Gasteiger partial charge in [0.25, 0.3) is 18.2 Å². The van der Waals surface area contributed by atoms with Crippen LogP contribution in [0.25, 0.3) is 5.57 Å². The summed E-state index contributed by atoms with van der Waals surface area (Å²) in [5.74, 6) is 0.289. The molecular formula is C29H32Cl2F2N4O3. The highest BCUT2D eigenvalue weighted by Gasteiger charge is 2.69. The van der Waals surface area contributed by atoms with Gasteiger partial charge < -0.3 is 20.3 Å². The Hall–Kier alpha value is -2.91. The lowest BCUT2D eigenvalue weighted by Gasteiger charge is -2.68. The SMILES string of the molecule is C=C(C)c1cc(OC(C)(C)C(=O)NC2CC3N(c4ccc(C(=O)NCC(F)F)cn4)C4CCC43C2)c(Cl)cc1Cl. The van der Waals surface area contributed by atoms with Crippen LogP contribution in [0.5, 0.6) is 5.75 Å². The van der Waals surface area contributed by atoms with Crippen LogP contribution in [-0.4, -0.2) is 53.5 Å². The molecule has 2 heterocycles. The average molecular weight is 594 g/mol. The number of piperidine rings is 1. The number of hydrogen-bond acceptors (Lipinski definition) is 5. The van der Waals surface area contributed by atoms with Crippen molar-refractivity contribution in [2.45, 2.75) is 76.6 Å². The van der Waals surface area contributed by atoms with Crippen molar-refractivity contribution >= 4 is 46.4 Å². The average Bonchev–Trinajstić information content (AvgIpc) is 3.24. The summed E-state index contributed by atoms with van der Waals surface area (Å²) in [6.07, 6.45) is 2.56. The van der Waals surface area contributed by atoms with Gasteiger partial charge in [0.15, 0.2) is 5.60 Å². The summed E-state index contributed by atoms with van der Waals surface area (Å²) in [4.78, 5) is 32.2. The summed E-state index contributed by atoms with van der Waals surface area (Å²) < 4.78 is 30.9. The first-order chi connectivity index (χ1) is 18.8. The highest BCUT2D eigenvalue weighted by atomic mass is 35.5. The topological polar surface area (TPSA) is 83.6 Å². The van der Waals surface area contributed by atoms with Crippen LogP contribution in [0.3, 0.4) is 0 Å². The standard InChI is InChI=1S/C29H32Cl2F2N4O3/c1-15(2)18-10-21(20(31)11-19(18)30)40-28(3,4)27(39)36-17-9-23-29(12-17)8-7-22(29)37(23)25-6-5-16(13-34-25)26(38)35-14-24(32)33/h5-6,10-11,13,17,22-24H,1,7-9,12,14H2,2-4H3,(H,35,38)(H,36,39). The van der Waals surface area contributed by atoms with Crippen molar-refractivity contribution in [3.05, 3.63) is 58.2 Å². The van der Waals surface area contributed by atoms with Crippen molar-refractivity contribution in [2.75, 3.05) is 11.4 Å². The molecule has 2 saturated carbocycles. The number of ether oxygens (including phenoxy) is 1. The predicted octanol–water partition coefficient (Wildman–Crippen LogP) is 5.89. The molecule has 1 saturated heterocycles. The molecule has 214 valence electrons. The van der Waals surface area contributed by atoms with Crippen LogP contribution in [-0.2, 0) is 4.79 Å². The Balaban J connectivity index is 1.23. The number of nitrogens with zero attached hydrogens (tertiary/aromatic N) is 2. The highest BCUT2D eigenvalue weighted by Crippen LogP contribution is 2.65. The molecule has 1 aromatic heterocycles. The van der Waals surface area contributed by atoms with Crippen molar-refractivity contribution < 1.29 is 23.1 Å². The number of pyridine rings is 1. The van der Waals surface area contributed by atoms with Crippen LogP contribution in [0, 0.1) is 5.41 Å². The fourth-order valence-electron chi connectivity index (χ4n) is 6.38. The number of aromatic nitrogens is 1. The Kier molecular flexibility index (Phi) is 7.50. The van der Waals surface area contributed by atoms with Crippen LogP contribution >= 0.6 is 23.2 Å². The maximum atomic E-state index is 13.4. The molecule has 1 spiro atoms. The van der Waals surface area contributed by atoms with Gasteiger partial charge >= 0.3 is 0 Å².